The van der Waals surface area contributed by atoms with Gasteiger partial charge in [-0.05, 0) is 74.5 Å². The Kier molecular flexibility index (Phi) is 4.42. The van der Waals surface area contributed by atoms with E-state index in [9.17, 15) is 5.11 Å². The van der Waals surface area contributed by atoms with Gasteiger partial charge >= 0.3 is 0 Å². The van der Waals surface area contributed by atoms with E-state index in [2.05, 4.69) is 25.1 Å². The highest BCUT2D eigenvalue weighted by molar-refractivity contribution is 5.35. The van der Waals surface area contributed by atoms with Crippen molar-refractivity contribution in [1.82, 2.24) is 0 Å². The summed E-state index contributed by atoms with van der Waals surface area (Å²) < 4.78 is 5.58. The Hall–Kier alpha value is -0.860. The lowest BCUT2D eigenvalue weighted by molar-refractivity contribution is -0.0375. The van der Waals surface area contributed by atoms with Gasteiger partial charge in [0, 0.05) is 6.61 Å². The van der Waals surface area contributed by atoms with Crippen molar-refractivity contribution in [3.63, 3.8) is 0 Å². The normalized spacial score (nSPS) is 26.1. The number of rotatable bonds is 6. The van der Waals surface area contributed by atoms with Gasteiger partial charge in [0.25, 0.3) is 0 Å². The van der Waals surface area contributed by atoms with Crippen LogP contribution in [0.25, 0.3) is 0 Å². The summed E-state index contributed by atoms with van der Waals surface area (Å²) in [6, 6.07) is 6.78. The Morgan fingerprint density at radius 3 is 2.85 bits per heavy atom. The molecule has 1 fully saturated rings. The van der Waals surface area contributed by atoms with Gasteiger partial charge in [0.2, 0.25) is 0 Å². The van der Waals surface area contributed by atoms with Crippen LogP contribution in [0.3, 0.4) is 0 Å². The molecule has 1 saturated carbocycles. The minimum Gasteiger partial charge on any atom is -0.393 e. The van der Waals surface area contributed by atoms with Gasteiger partial charge in [0.1, 0.15) is 0 Å². The van der Waals surface area contributed by atoms with E-state index in [1.54, 1.807) is 0 Å². The first-order valence-electron chi connectivity index (χ1n) is 8.15. The topological polar surface area (TPSA) is 29.5 Å². The van der Waals surface area contributed by atoms with Crippen molar-refractivity contribution in [2.75, 3.05) is 6.61 Å². The highest BCUT2D eigenvalue weighted by Crippen LogP contribution is 2.34. The fourth-order valence-electron chi connectivity index (χ4n) is 3.73. The molecule has 0 amide bonds. The van der Waals surface area contributed by atoms with Crippen LogP contribution in [0, 0.1) is 5.92 Å². The van der Waals surface area contributed by atoms with E-state index in [1.807, 2.05) is 0 Å². The molecule has 1 unspecified atom stereocenters. The van der Waals surface area contributed by atoms with Crippen molar-refractivity contribution in [2.45, 2.75) is 64.1 Å². The predicted octanol–water partition coefficient (Wildman–Crippen LogP) is 3.28. The number of aliphatic hydroxyl groups is 1. The molecule has 1 atom stereocenters. The monoisotopic (exact) mass is 274 g/mol. The first-order chi connectivity index (χ1) is 9.74. The SMILES string of the molecule is CCOC1CC(CC(O)Cc2ccc3c(c2)CCC3)C1. The molecule has 2 heteroatoms. The zero-order valence-electron chi connectivity index (χ0n) is 12.5. The second kappa shape index (κ2) is 6.28. The van der Waals surface area contributed by atoms with E-state index >= 15 is 0 Å². The minimum atomic E-state index is -0.193. The second-order valence-electron chi connectivity index (χ2n) is 6.47. The molecule has 2 nitrogen and oxygen atoms in total. The first-order valence-corrected chi connectivity index (χ1v) is 8.15. The highest BCUT2D eigenvalue weighted by Gasteiger charge is 2.30. The molecular weight excluding hydrogens is 248 g/mol. The molecule has 0 spiro atoms. The summed E-state index contributed by atoms with van der Waals surface area (Å²) >= 11 is 0. The zero-order valence-corrected chi connectivity index (χ0v) is 12.5. The van der Waals surface area contributed by atoms with Crippen LogP contribution in [-0.4, -0.2) is 23.9 Å². The molecule has 1 aromatic rings. The van der Waals surface area contributed by atoms with Gasteiger partial charge in [-0.15, -0.1) is 0 Å². The number of hydrogen-bond donors (Lipinski definition) is 1. The number of aryl methyl sites for hydroxylation is 2. The molecule has 2 aliphatic rings. The molecule has 1 aromatic carbocycles. The predicted molar refractivity (Wildman–Crippen MR) is 80.9 cm³/mol. The molecule has 20 heavy (non-hydrogen) atoms. The summed E-state index contributed by atoms with van der Waals surface area (Å²) in [6.07, 6.45) is 8.02. The summed E-state index contributed by atoms with van der Waals surface area (Å²) in [5.74, 6) is 0.663. The average Bonchev–Trinajstić information content (AvgIpc) is 2.83. The van der Waals surface area contributed by atoms with Crippen LogP contribution in [-0.2, 0) is 24.0 Å². The van der Waals surface area contributed by atoms with Crippen LogP contribution < -0.4 is 0 Å². The fraction of sp³-hybridized carbons (Fsp3) is 0.667. The molecule has 1 N–H and O–H groups in total. The van der Waals surface area contributed by atoms with Crippen molar-refractivity contribution >= 4 is 0 Å². The van der Waals surface area contributed by atoms with E-state index in [-0.39, 0.29) is 6.10 Å². The van der Waals surface area contributed by atoms with Gasteiger partial charge in [-0.25, -0.2) is 0 Å². The molecule has 110 valence electrons. The van der Waals surface area contributed by atoms with E-state index < -0.39 is 0 Å². The maximum absolute atomic E-state index is 10.3. The Morgan fingerprint density at radius 2 is 2.05 bits per heavy atom. The van der Waals surface area contributed by atoms with Crippen molar-refractivity contribution in [1.29, 1.82) is 0 Å². The third kappa shape index (κ3) is 3.24. The zero-order chi connectivity index (χ0) is 13.9. The molecule has 0 radical (unpaired) electrons. The number of fused-ring (bicyclic) bond motifs is 1. The van der Waals surface area contributed by atoms with Crippen LogP contribution in [0.4, 0.5) is 0 Å². The second-order valence-corrected chi connectivity index (χ2v) is 6.47. The van der Waals surface area contributed by atoms with Gasteiger partial charge in [0.15, 0.2) is 0 Å². The number of ether oxygens (including phenoxy) is 1. The fourth-order valence-corrected chi connectivity index (χ4v) is 3.73. The first kappa shape index (κ1) is 14.1. The number of aliphatic hydroxyl groups excluding tert-OH is 1. The summed E-state index contributed by atoms with van der Waals surface area (Å²) in [4.78, 5) is 0. The van der Waals surface area contributed by atoms with E-state index in [0.717, 1.165) is 32.3 Å². The highest BCUT2D eigenvalue weighted by atomic mass is 16.5. The number of benzene rings is 1. The maximum atomic E-state index is 10.3. The van der Waals surface area contributed by atoms with Gasteiger partial charge in [-0.1, -0.05) is 18.2 Å². The third-order valence-electron chi connectivity index (χ3n) is 4.83. The van der Waals surface area contributed by atoms with Crippen molar-refractivity contribution in [3.05, 3.63) is 34.9 Å². The Labute approximate surface area is 122 Å². The molecule has 0 heterocycles. The largest absolute Gasteiger partial charge is 0.393 e. The average molecular weight is 274 g/mol. The third-order valence-corrected chi connectivity index (χ3v) is 4.83. The summed E-state index contributed by atoms with van der Waals surface area (Å²) in [7, 11) is 0. The molecular formula is C18H26O2. The summed E-state index contributed by atoms with van der Waals surface area (Å²) in [6.45, 7) is 2.87. The molecule has 3 rings (SSSR count). The number of hydrogen-bond acceptors (Lipinski definition) is 2. The van der Waals surface area contributed by atoms with Crippen LogP contribution >= 0.6 is 0 Å². The van der Waals surface area contributed by atoms with Crippen LogP contribution in [0.1, 0.15) is 49.3 Å². The van der Waals surface area contributed by atoms with Gasteiger partial charge < -0.3 is 9.84 Å². The molecule has 0 aromatic heterocycles. The Bertz CT molecular complexity index is 449. The van der Waals surface area contributed by atoms with Crippen molar-refractivity contribution < 1.29 is 9.84 Å². The lowest BCUT2D eigenvalue weighted by Gasteiger charge is -2.36. The van der Waals surface area contributed by atoms with Crippen LogP contribution in [0.2, 0.25) is 0 Å². The van der Waals surface area contributed by atoms with Crippen molar-refractivity contribution in [2.24, 2.45) is 5.92 Å². The lowest BCUT2D eigenvalue weighted by atomic mass is 9.78. The van der Waals surface area contributed by atoms with Crippen molar-refractivity contribution in [3.8, 4) is 0 Å². The van der Waals surface area contributed by atoms with Crippen LogP contribution in [0.5, 0.6) is 0 Å². The quantitative estimate of drug-likeness (QED) is 0.862. The lowest BCUT2D eigenvalue weighted by Crippen LogP contribution is -2.34. The van der Waals surface area contributed by atoms with Crippen LogP contribution in [0.15, 0.2) is 18.2 Å². The summed E-state index contributed by atoms with van der Waals surface area (Å²) in [5.41, 5.74) is 4.33. The Morgan fingerprint density at radius 1 is 1.25 bits per heavy atom. The maximum Gasteiger partial charge on any atom is 0.0583 e. The van der Waals surface area contributed by atoms with E-state index in [1.165, 1.54) is 36.0 Å². The van der Waals surface area contributed by atoms with Gasteiger partial charge in [0.05, 0.1) is 12.2 Å². The standard InChI is InChI=1S/C18H26O2/c1-2-20-18-11-14(12-18)10-17(19)9-13-6-7-15-4-3-5-16(15)8-13/h6-8,14,17-19H,2-5,9-12H2,1H3. The van der Waals surface area contributed by atoms with Gasteiger partial charge in [-0.2, -0.15) is 0 Å². The molecule has 2 aliphatic carbocycles. The minimum absolute atomic E-state index is 0.193. The molecule has 0 bridgehead atoms. The molecule has 0 aliphatic heterocycles. The van der Waals surface area contributed by atoms with E-state index in [4.69, 9.17) is 4.74 Å². The molecule has 0 saturated heterocycles. The van der Waals surface area contributed by atoms with Gasteiger partial charge in [-0.3, -0.25) is 0 Å². The smallest absolute Gasteiger partial charge is 0.0583 e. The summed E-state index contributed by atoms with van der Waals surface area (Å²) in [5, 5.41) is 10.3. The Balaban J connectivity index is 1.46. The van der Waals surface area contributed by atoms with E-state index in [0.29, 0.717) is 12.0 Å².